The standard InChI is InChI=1S/C19H16F2/c1-3-4-5-16-12-13-17(19(21)18(16)20)11-10-15-8-6-14(2)7-9-15/h3,6-9,12-13H,1,4-5H2,2H3. The van der Waals surface area contributed by atoms with Gasteiger partial charge in [0, 0.05) is 5.56 Å². The summed E-state index contributed by atoms with van der Waals surface area (Å²) >= 11 is 0. The Morgan fingerprint density at radius 3 is 2.38 bits per heavy atom. The Morgan fingerprint density at radius 1 is 1.00 bits per heavy atom. The summed E-state index contributed by atoms with van der Waals surface area (Å²) in [6.07, 6.45) is 2.74. The van der Waals surface area contributed by atoms with Crippen molar-refractivity contribution in [3.63, 3.8) is 0 Å². The third-order valence-electron chi connectivity index (χ3n) is 3.17. The number of hydrogen-bond donors (Lipinski definition) is 0. The monoisotopic (exact) mass is 282 g/mol. The maximum atomic E-state index is 14.0. The van der Waals surface area contributed by atoms with Crippen molar-refractivity contribution in [1.29, 1.82) is 0 Å². The molecule has 106 valence electrons. The second-order valence-electron chi connectivity index (χ2n) is 4.84. The van der Waals surface area contributed by atoms with Crippen LogP contribution in [-0.2, 0) is 6.42 Å². The molecule has 0 aliphatic carbocycles. The molecule has 0 unspecified atom stereocenters. The van der Waals surface area contributed by atoms with Crippen molar-refractivity contribution in [2.75, 3.05) is 0 Å². The van der Waals surface area contributed by atoms with Crippen LogP contribution >= 0.6 is 0 Å². The molecular weight excluding hydrogens is 266 g/mol. The van der Waals surface area contributed by atoms with Gasteiger partial charge in [-0.1, -0.05) is 41.7 Å². The molecule has 0 saturated carbocycles. The minimum atomic E-state index is -0.879. The van der Waals surface area contributed by atoms with Gasteiger partial charge in [-0.3, -0.25) is 0 Å². The van der Waals surface area contributed by atoms with Crippen LogP contribution in [0.3, 0.4) is 0 Å². The summed E-state index contributed by atoms with van der Waals surface area (Å²) in [6, 6.07) is 10.7. The zero-order valence-electron chi connectivity index (χ0n) is 11.9. The van der Waals surface area contributed by atoms with Crippen molar-refractivity contribution in [2.24, 2.45) is 0 Å². The first-order valence-corrected chi connectivity index (χ1v) is 6.78. The summed E-state index contributed by atoms with van der Waals surface area (Å²) in [5.41, 5.74) is 2.34. The second-order valence-corrected chi connectivity index (χ2v) is 4.84. The lowest BCUT2D eigenvalue weighted by atomic mass is 10.1. The molecule has 0 radical (unpaired) electrons. The number of allylic oxidation sites excluding steroid dienone is 1. The van der Waals surface area contributed by atoms with E-state index in [0.717, 1.165) is 11.1 Å². The predicted molar refractivity (Wildman–Crippen MR) is 82.0 cm³/mol. The average Bonchev–Trinajstić information content (AvgIpc) is 2.49. The Balaban J connectivity index is 2.27. The molecule has 0 aromatic heterocycles. The summed E-state index contributed by atoms with van der Waals surface area (Å²) < 4.78 is 27.8. The minimum absolute atomic E-state index is 0.0791. The fourth-order valence-corrected chi connectivity index (χ4v) is 1.91. The molecule has 0 spiro atoms. The van der Waals surface area contributed by atoms with E-state index in [1.165, 1.54) is 6.07 Å². The molecule has 0 heterocycles. The van der Waals surface area contributed by atoms with Crippen molar-refractivity contribution in [2.45, 2.75) is 19.8 Å². The molecule has 2 rings (SSSR count). The van der Waals surface area contributed by atoms with E-state index >= 15 is 0 Å². The largest absolute Gasteiger partial charge is 0.203 e. The van der Waals surface area contributed by atoms with Crippen LogP contribution in [0.2, 0.25) is 0 Å². The smallest absolute Gasteiger partial charge is 0.174 e. The molecule has 0 fully saturated rings. The van der Waals surface area contributed by atoms with E-state index in [9.17, 15) is 8.78 Å². The quantitative estimate of drug-likeness (QED) is 0.561. The highest BCUT2D eigenvalue weighted by Crippen LogP contribution is 2.17. The van der Waals surface area contributed by atoms with Crippen LogP contribution in [0.4, 0.5) is 8.78 Å². The average molecular weight is 282 g/mol. The Bertz CT molecular complexity index is 701. The van der Waals surface area contributed by atoms with E-state index in [1.54, 1.807) is 12.1 Å². The molecule has 0 N–H and O–H groups in total. The van der Waals surface area contributed by atoms with Gasteiger partial charge in [-0.05, 0) is 43.5 Å². The van der Waals surface area contributed by atoms with E-state index in [-0.39, 0.29) is 5.56 Å². The van der Waals surface area contributed by atoms with Gasteiger partial charge < -0.3 is 0 Å². The summed E-state index contributed by atoms with van der Waals surface area (Å²) in [7, 11) is 0. The van der Waals surface area contributed by atoms with Gasteiger partial charge in [-0.15, -0.1) is 6.58 Å². The molecule has 0 aliphatic rings. The van der Waals surface area contributed by atoms with Gasteiger partial charge in [0.25, 0.3) is 0 Å². The van der Waals surface area contributed by atoms with Crippen LogP contribution in [0, 0.1) is 30.4 Å². The molecule has 2 aromatic rings. The molecule has 2 aromatic carbocycles. The van der Waals surface area contributed by atoms with Crippen LogP contribution < -0.4 is 0 Å². The highest BCUT2D eigenvalue weighted by atomic mass is 19.2. The Morgan fingerprint density at radius 2 is 1.71 bits per heavy atom. The van der Waals surface area contributed by atoms with Crippen LogP contribution in [0.5, 0.6) is 0 Å². The Kier molecular flexibility index (Phi) is 4.90. The number of halogens is 2. The number of benzene rings is 2. The van der Waals surface area contributed by atoms with Crippen LogP contribution in [-0.4, -0.2) is 0 Å². The summed E-state index contributed by atoms with van der Waals surface area (Å²) in [6.45, 7) is 5.56. The maximum Gasteiger partial charge on any atom is 0.174 e. The minimum Gasteiger partial charge on any atom is -0.203 e. The normalized spacial score (nSPS) is 9.86. The molecule has 2 heteroatoms. The zero-order valence-corrected chi connectivity index (χ0v) is 11.9. The highest BCUT2D eigenvalue weighted by Gasteiger charge is 2.11. The molecule has 0 bridgehead atoms. The van der Waals surface area contributed by atoms with Gasteiger partial charge in [0.1, 0.15) is 0 Å². The molecule has 0 amide bonds. The first kappa shape index (κ1) is 15.0. The van der Waals surface area contributed by atoms with E-state index in [4.69, 9.17) is 0 Å². The highest BCUT2D eigenvalue weighted by molar-refractivity contribution is 5.45. The molecule has 21 heavy (non-hydrogen) atoms. The first-order chi connectivity index (χ1) is 10.1. The topological polar surface area (TPSA) is 0 Å². The Labute approximate surface area is 124 Å². The van der Waals surface area contributed by atoms with E-state index in [2.05, 4.69) is 18.4 Å². The van der Waals surface area contributed by atoms with Gasteiger partial charge in [0.2, 0.25) is 0 Å². The predicted octanol–water partition coefficient (Wildman–Crippen LogP) is 4.79. The molecule has 0 atom stereocenters. The van der Waals surface area contributed by atoms with Gasteiger partial charge in [-0.2, -0.15) is 0 Å². The van der Waals surface area contributed by atoms with Crippen molar-refractivity contribution in [1.82, 2.24) is 0 Å². The molecule has 0 nitrogen and oxygen atoms in total. The van der Waals surface area contributed by atoms with Crippen molar-refractivity contribution in [3.8, 4) is 11.8 Å². The van der Waals surface area contributed by atoms with Crippen LogP contribution in [0.15, 0.2) is 49.1 Å². The van der Waals surface area contributed by atoms with E-state index in [0.29, 0.717) is 18.4 Å². The van der Waals surface area contributed by atoms with Gasteiger partial charge in [0.05, 0.1) is 5.56 Å². The van der Waals surface area contributed by atoms with Crippen LogP contribution in [0.1, 0.15) is 28.7 Å². The number of hydrogen-bond acceptors (Lipinski definition) is 0. The summed E-state index contributed by atoms with van der Waals surface area (Å²) in [4.78, 5) is 0. The Hall–Kier alpha value is -2.40. The fraction of sp³-hybridized carbons (Fsp3) is 0.158. The number of rotatable bonds is 3. The van der Waals surface area contributed by atoms with E-state index < -0.39 is 11.6 Å². The summed E-state index contributed by atoms with van der Waals surface area (Å²) in [5.74, 6) is 3.84. The van der Waals surface area contributed by atoms with Crippen molar-refractivity contribution < 1.29 is 8.78 Å². The van der Waals surface area contributed by atoms with Gasteiger partial charge in [0.15, 0.2) is 11.6 Å². The lowest BCUT2D eigenvalue weighted by Crippen LogP contribution is -1.97. The molecular formula is C19H16F2. The maximum absolute atomic E-state index is 14.0. The van der Waals surface area contributed by atoms with Gasteiger partial charge >= 0.3 is 0 Å². The SMILES string of the molecule is C=CCCc1ccc(C#Cc2ccc(C)cc2)c(F)c1F. The third-order valence-corrected chi connectivity index (χ3v) is 3.17. The lowest BCUT2D eigenvalue weighted by molar-refractivity contribution is 0.497. The van der Waals surface area contributed by atoms with Crippen LogP contribution in [0.25, 0.3) is 0 Å². The first-order valence-electron chi connectivity index (χ1n) is 6.78. The van der Waals surface area contributed by atoms with Crippen molar-refractivity contribution in [3.05, 3.63) is 82.9 Å². The number of aryl methyl sites for hydroxylation is 2. The van der Waals surface area contributed by atoms with E-state index in [1.807, 2.05) is 31.2 Å². The zero-order chi connectivity index (χ0) is 15.2. The second kappa shape index (κ2) is 6.85. The van der Waals surface area contributed by atoms with Crippen molar-refractivity contribution >= 4 is 0 Å². The fourth-order valence-electron chi connectivity index (χ4n) is 1.91. The molecule has 0 saturated heterocycles. The lowest BCUT2D eigenvalue weighted by Gasteiger charge is -2.03. The van der Waals surface area contributed by atoms with Gasteiger partial charge in [-0.25, -0.2) is 8.78 Å². The molecule has 0 aliphatic heterocycles. The summed E-state index contributed by atoms with van der Waals surface area (Å²) in [5, 5.41) is 0. The third kappa shape index (κ3) is 3.79.